The predicted octanol–water partition coefficient (Wildman–Crippen LogP) is 1.76. The van der Waals surface area contributed by atoms with Crippen LogP contribution in [0.2, 0.25) is 0 Å². The van der Waals surface area contributed by atoms with Crippen molar-refractivity contribution in [1.29, 1.82) is 0 Å². The Morgan fingerprint density at radius 2 is 2.19 bits per heavy atom. The minimum Gasteiger partial charge on any atom is -0.354 e. The van der Waals surface area contributed by atoms with Crippen molar-refractivity contribution in [2.45, 2.75) is 30.5 Å². The Morgan fingerprint density at radius 3 is 2.90 bits per heavy atom. The van der Waals surface area contributed by atoms with Crippen molar-refractivity contribution < 1.29 is 0 Å². The SMILES string of the molecule is CCCNc1nc(Sc2nnc(C)n2C)c2[nH]cnc2n1. The first kappa shape index (κ1) is 13.8. The highest BCUT2D eigenvalue weighted by molar-refractivity contribution is 7.99. The zero-order chi connectivity index (χ0) is 14.8. The Hall–Kier alpha value is -2.16. The van der Waals surface area contributed by atoms with E-state index in [-0.39, 0.29) is 0 Å². The van der Waals surface area contributed by atoms with Gasteiger partial charge in [-0.15, -0.1) is 10.2 Å². The Morgan fingerprint density at radius 1 is 1.33 bits per heavy atom. The number of imidazole rings is 1. The summed E-state index contributed by atoms with van der Waals surface area (Å²) in [5, 5.41) is 13.0. The number of aromatic amines is 1. The van der Waals surface area contributed by atoms with E-state index in [0.717, 1.165) is 34.5 Å². The zero-order valence-electron chi connectivity index (χ0n) is 12.1. The maximum absolute atomic E-state index is 4.54. The van der Waals surface area contributed by atoms with Gasteiger partial charge in [0.05, 0.1) is 6.33 Å². The lowest BCUT2D eigenvalue weighted by molar-refractivity contribution is 0.764. The van der Waals surface area contributed by atoms with Crippen molar-refractivity contribution in [2.75, 3.05) is 11.9 Å². The fourth-order valence-electron chi connectivity index (χ4n) is 1.76. The second-order valence-corrected chi connectivity index (χ2v) is 5.53. The minimum atomic E-state index is 0.581. The Balaban J connectivity index is 1.99. The molecule has 0 aliphatic rings. The van der Waals surface area contributed by atoms with Gasteiger partial charge in [0.2, 0.25) is 5.95 Å². The first-order valence-electron chi connectivity index (χ1n) is 6.68. The van der Waals surface area contributed by atoms with Gasteiger partial charge in [-0.3, -0.25) is 0 Å². The van der Waals surface area contributed by atoms with Crippen LogP contribution in [0, 0.1) is 6.92 Å². The molecule has 0 saturated carbocycles. The molecule has 0 aliphatic heterocycles. The van der Waals surface area contributed by atoms with Crippen LogP contribution >= 0.6 is 11.8 Å². The number of rotatable bonds is 5. The number of fused-ring (bicyclic) bond motifs is 1. The molecule has 0 aliphatic carbocycles. The summed E-state index contributed by atoms with van der Waals surface area (Å²) in [6, 6.07) is 0. The highest BCUT2D eigenvalue weighted by atomic mass is 32.2. The maximum atomic E-state index is 4.54. The predicted molar refractivity (Wildman–Crippen MR) is 80.3 cm³/mol. The van der Waals surface area contributed by atoms with Crippen LogP contribution in [0.5, 0.6) is 0 Å². The van der Waals surface area contributed by atoms with Gasteiger partial charge >= 0.3 is 0 Å². The number of aromatic nitrogens is 7. The van der Waals surface area contributed by atoms with Crippen molar-refractivity contribution in [3.63, 3.8) is 0 Å². The highest BCUT2D eigenvalue weighted by Crippen LogP contribution is 2.29. The molecular formula is C12H16N8S. The molecule has 8 nitrogen and oxygen atoms in total. The lowest BCUT2D eigenvalue weighted by Gasteiger charge is -2.06. The van der Waals surface area contributed by atoms with Crippen molar-refractivity contribution in [3.05, 3.63) is 12.2 Å². The second-order valence-electron chi connectivity index (χ2n) is 4.57. The second kappa shape index (κ2) is 5.68. The van der Waals surface area contributed by atoms with Crippen LogP contribution in [-0.2, 0) is 7.05 Å². The summed E-state index contributed by atoms with van der Waals surface area (Å²) in [5.74, 6) is 1.44. The lowest BCUT2D eigenvalue weighted by atomic mass is 10.5. The number of nitrogens with one attached hydrogen (secondary N) is 2. The smallest absolute Gasteiger partial charge is 0.225 e. The van der Waals surface area contributed by atoms with Crippen LogP contribution in [0.4, 0.5) is 5.95 Å². The fourth-order valence-corrected chi connectivity index (χ4v) is 2.67. The van der Waals surface area contributed by atoms with E-state index in [4.69, 9.17) is 0 Å². The molecule has 2 N–H and O–H groups in total. The average Bonchev–Trinajstić information content (AvgIpc) is 3.07. The molecule has 3 rings (SSSR count). The Kier molecular flexibility index (Phi) is 3.74. The summed E-state index contributed by atoms with van der Waals surface area (Å²) in [6.45, 7) is 4.83. The molecule has 21 heavy (non-hydrogen) atoms. The molecule has 110 valence electrons. The van der Waals surface area contributed by atoms with Gasteiger partial charge in [0.15, 0.2) is 10.8 Å². The van der Waals surface area contributed by atoms with Crippen molar-refractivity contribution in [3.8, 4) is 0 Å². The standard InChI is InChI=1S/C12H16N8S/c1-4-5-13-11-16-9-8(14-6-15-9)10(17-11)21-12-19-18-7(2)20(12)3/h6H,4-5H2,1-3H3,(H2,13,14,15,16,17). The van der Waals surface area contributed by atoms with Gasteiger partial charge in [0.25, 0.3) is 0 Å². The summed E-state index contributed by atoms with van der Waals surface area (Å²) in [4.78, 5) is 16.2. The summed E-state index contributed by atoms with van der Waals surface area (Å²) < 4.78 is 1.92. The largest absolute Gasteiger partial charge is 0.354 e. The van der Waals surface area contributed by atoms with E-state index in [0.29, 0.717) is 11.6 Å². The highest BCUT2D eigenvalue weighted by Gasteiger charge is 2.14. The number of anilines is 1. The number of hydrogen-bond donors (Lipinski definition) is 2. The summed E-state index contributed by atoms with van der Waals surface area (Å²) in [5.41, 5.74) is 1.45. The molecule has 0 unspecified atom stereocenters. The van der Waals surface area contributed by atoms with Gasteiger partial charge in [-0.2, -0.15) is 4.98 Å². The van der Waals surface area contributed by atoms with Crippen LogP contribution < -0.4 is 5.32 Å². The molecule has 0 saturated heterocycles. The first-order chi connectivity index (χ1) is 10.2. The molecular weight excluding hydrogens is 288 g/mol. The normalized spacial score (nSPS) is 11.2. The van der Waals surface area contributed by atoms with Gasteiger partial charge in [-0.25, -0.2) is 9.97 Å². The van der Waals surface area contributed by atoms with Gasteiger partial charge in [0, 0.05) is 13.6 Å². The van der Waals surface area contributed by atoms with Crippen molar-refractivity contribution in [2.24, 2.45) is 7.05 Å². The molecule has 0 amide bonds. The van der Waals surface area contributed by atoms with Crippen molar-refractivity contribution in [1.82, 2.24) is 34.7 Å². The van der Waals surface area contributed by atoms with Gasteiger partial charge in [-0.05, 0) is 25.1 Å². The molecule has 0 atom stereocenters. The number of aryl methyl sites for hydroxylation is 1. The molecule has 0 aromatic carbocycles. The third-order valence-corrected chi connectivity index (χ3v) is 4.05. The van der Waals surface area contributed by atoms with E-state index in [1.54, 1.807) is 6.33 Å². The van der Waals surface area contributed by atoms with E-state index >= 15 is 0 Å². The minimum absolute atomic E-state index is 0.581. The van der Waals surface area contributed by atoms with E-state index in [9.17, 15) is 0 Å². The van der Waals surface area contributed by atoms with Crippen LogP contribution in [0.25, 0.3) is 11.2 Å². The molecule has 0 spiro atoms. The fraction of sp³-hybridized carbons (Fsp3) is 0.417. The molecule has 3 aromatic rings. The first-order valence-corrected chi connectivity index (χ1v) is 7.49. The van der Waals surface area contributed by atoms with E-state index in [1.165, 1.54) is 11.8 Å². The molecule has 0 fully saturated rings. The van der Waals surface area contributed by atoms with Crippen LogP contribution in [0.1, 0.15) is 19.2 Å². The Labute approximate surface area is 125 Å². The lowest BCUT2D eigenvalue weighted by Crippen LogP contribution is -2.05. The molecule has 0 bridgehead atoms. The number of H-pyrrole nitrogens is 1. The maximum Gasteiger partial charge on any atom is 0.225 e. The van der Waals surface area contributed by atoms with Gasteiger partial charge in [-0.1, -0.05) is 6.92 Å². The summed E-state index contributed by atoms with van der Waals surface area (Å²) >= 11 is 1.44. The summed E-state index contributed by atoms with van der Waals surface area (Å²) in [7, 11) is 1.93. The third-order valence-electron chi connectivity index (χ3n) is 3.03. The Bertz CT molecular complexity index is 762. The topological polar surface area (TPSA) is 97.2 Å². The molecule has 9 heteroatoms. The summed E-state index contributed by atoms with van der Waals surface area (Å²) in [6.07, 6.45) is 2.63. The number of hydrogen-bond acceptors (Lipinski definition) is 7. The van der Waals surface area contributed by atoms with E-state index in [2.05, 4.69) is 42.4 Å². The zero-order valence-corrected chi connectivity index (χ0v) is 12.9. The molecule has 0 radical (unpaired) electrons. The van der Waals surface area contributed by atoms with Crippen molar-refractivity contribution >= 4 is 28.9 Å². The van der Waals surface area contributed by atoms with Gasteiger partial charge < -0.3 is 14.9 Å². The van der Waals surface area contributed by atoms with E-state index < -0.39 is 0 Å². The molecule has 3 aromatic heterocycles. The quantitative estimate of drug-likeness (QED) is 0.693. The van der Waals surface area contributed by atoms with E-state index in [1.807, 2.05) is 18.5 Å². The monoisotopic (exact) mass is 304 g/mol. The third kappa shape index (κ3) is 2.68. The van der Waals surface area contributed by atoms with Gasteiger partial charge in [0.1, 0.15) is 16.4 Å². The van der Waals surface area contributed by atoms with Crippen LogP contribution in [0.3, 0.4) is 0 Å². The van der Waals surface area contributed by atoms with Crippen LogP contribution in [-0.4, -0.2) is 41.2 Å². The molecule has 3 heterocycles. The van der Waals surface area contributed by atoms with Crippen LogP contribution in [0.15, 0.2) is 16.5 Å². The number of nitrogens with zero attached hydrogens (tertiary/aromatic N) is 6. The average molecular weight is 304 g/mol.